The van der Waals surface area contributed by atoms with Crippen LogP contribution in [0.5, 0.6) is 11.5 Å². The average Bonchev–Trinajstić information content (AvgIpc) is 2.86. The molecule has 4 aromatic rings. The summed E-state index contributed by atoms with van der Waals surface area (Å²) in [7, 11) is 0. The van der Waals surface area contributed by atoms with Gasteiger partial charge >= 0.3 is 0 Å². The number of ether oxygens (including phenoxy) is 1. The Balaban J connectivity index is 1.98. The molecule has 0 aliphatic carbocycles. The molecule has 0 N–H and O–H groups in total. The minimum absolute atomic E-state index is 0.854. The predicted molar refractivity (Wildman–Crippen MR) is 93.5 cm³/mol. The van der Waals surface area contributed by atoms with Crippen molar-refractivity contribution in [2.75, 3.05) is 0 Å². The van der Waals surface area contributed by atoms with Crippen LogP contribution in [0, 0.1) is 0 Å². The van der Waals surface area contributed by atoms with Gasteiger partial charge in [-0.1, -0.05) is 52.3 Å². The second-order valence-electron chi connectivity index (χ2n) is 4.79. The monoisotopic (exact) mass is 354 g/mol. The van der Waals surface area contributed by atoms with Crippen molar-refractivity contribution in [1.29, 1.82) is 0 Å². The van der Waals surface area contributed by atoms with Gasteiger partial charge in [-0.25, -0.2) is 0 Å². The predicted octanol–water partition coefficient (Wildman–Crippen LogP) is 6.61. The number of fused-ring (bicyclic) bond motifs is 3. The van der Waals surface area contributed by atoms with Gasteiger partial charge in [0.05, 0.1) is 0 Å². The van der Waals surface area contributed by atoms with Gasteiger partial charge in [0.1, 0.15) is 11.5 Å². The Kier molecular flexibility index (Phi) is 3.17. The lowest BCUT2D eigenvalue weighted by Crippen LogP contribution is -1.84. The smallest absolute Gasteiger partial charge is 0.137 e. The standard InChI is InChI=1S/C18H11BrOS/c19-12-10-15(20-13-6-2-1-3-7-13)18-14-8-4-5-9-16(14)21-17(18)11-12/h1-11H. The van der Waals surface area contributed by atoms with Crippen LogP contribution in [0.4, 0.5) is 0 Å². The van der Waals surface area contributed by atoms with E-state index >= 15 is 0 Å². The molecule has 3 heteroatoms. The fourth-order valence-corrected chi connectivity index (χ4v) is 4.23. The van der Waals surface area contributed by atoms with E-state index in [1.807, 2.05) is 36.4 Å². The van der Waals surface area contributed by atoms with E-state index in [9.17, 15) is 0 Å². The fraction of sp³-hybridized carbons (Fsp3) is 0. The number of halogens is 1. The molecule has 3 aromatic carbocycles. The molecule has 0 aliphatic rings. The van der Waals surface area contributed by atoms with E-state index in [4.69, 9.17) is 4.74 Å². The minimum atomic E-state index is 0.854. The van der Waals surface area contributed by atoms with Crippen LogP contribution in [0.2, 0.25) is 0 Å². The van der Waals surface area contributed by atoms with Gasteiger partial charge < -0.3 is 4.74 Å². The Morgan fingerprint density at radius 1 is 0.810 bits per heavy atom. The van der Waals surface area contributed by atoms with Gasteiger partial charge in [-0.2, -0.15) is 0 Å². The molecule has 0 spiro atoms. The highest BCUT2D eigenvalue weighted by molar-refractivity contribution is 9.10. The Hall–Kier alpha value is -1.84. The molecular weight excluding hydrogens is 344 g/mol. The molecule has 1 nitrogen and oxygen atoms in total. The zero-order valence-electron chi connectivity index (χ0n) is 11.0. The van der Waals surface area contributed by atoms with Crippen LogP contribution >= 0.6 is 27.3 Å². The van der Waals surface area contributed by atoms with Gasteiger partial charge in [0.2, 0.25) is 0 Å². The fourth-order valence-electron chi connectivity index (χ4n) is 2.48. The lowest BCUT2D eigenvalue weighted by molar-refractivity contribution is 0.488. The number of thiophene rings is 1. The highest BCUT2D eigenvalue weighted by Crippen LogP contribution is 2.42. The van der Waals surface area contributed by atoms with E-state index in [-0.39, 0.29) is 0 Å². The largest absolute Gasteiger partial charge is 0.457 e. The average molecular weight is 355 g/mol. The van der Waals surface area contributed by atoms with Crippen molar-refractivity contribution >= 4 is 47.4 Å². The molecule has 0 unspecified atom stereocenters. The minimum Gasteiger partial charge on any atom is -0.457 e. The number of para-hydroxylation sites is 1. The lowest BCUT2D eigenvalue weighted by atomic mass is 10.1. The van der Waals surface area contributed by atoms with E-state index in [0.717, 1.165) is 16.0 Å². The van der Waals surface area contributed by atoms with Crippen molar-refractivity contribution < 1.29 is 4.74 Å². The van der Waals surface area contributed by atoms with E-state index in [0.29, 0.717) is 0 Å². The molecule has 4 rings (SSSR count). The van der Waals surface area contributed by atoms with Gasteiger partial charge in [0, 0.05) is 24.6 Å². The van der Waals surface area contributed by atoms with Gasteiger partial charge in [-0.3, -0.25) is 0 Å². The first-order valence-electron chi connectivity index (χ1n) is 6.65. The Bertz CT molecular complexity index is 928. The summed E-state index contributed by atoms with van der Waals surface area (Å²) >= 11 is 5.37. The second-order valence-corrected chi connectivity index (χ2v) is 6.79. The Labute approximate surface area is 134 Å². The summed E-state index contributed by atoms with van der Waals surface area (Å²) in [6.45, 7) is 0. The summed E-state index contributed by atoms with van der Waals surface area (Å²) in [6, 6.07) is 22.5. The van der Waals surface area contributed by atoms with Gasteiger partial charge in [-0.15, -0.1) is 11.3 Å². The molecule has 0 radical (unpaired) electrons. The number of rotatable bonds is 2. The molecular formula is C18H11BrOS. The van der Waals surface area contributed by atoms with Gasteiger partial charge in [-0.05, 0) is 30.3 Å². The molecule has 0 bridgehead atoms. The Morgan fingerprint density at radius 3 is 2.43 bits per heavy atom. The van der Waals surface area contributed by atoms with E-state index < -0.39 is 0 Å². The molecule has 102 valence electrons. The van der Waals surface area contributed by atoms with Crippen LogP contribution in [0.3, 0.4) is 0 Å². The zero-order valence-corrected chi connectivity index (χ0v) is 13.4. The van der Waals surface area contributed by atoms with Crippen LogP contribution in [-0.4, -0.2) is 0 Å². The van der Waals surface area contributed by atoms with E-state index in [1.54, 1.807) is 11.3 Å². The van der Waals surface area contributed by atoms with Crippen molar-refractivity contribution in [1.82, 2.24) is 0 Å². The summed E-state index contributed by atoms with van der Waals surface area (Å²) in [5.74, 6) is 1.75. The highest BCUT2D eigenvalue weighted by Gasteiger charge is 2.12. The summed E-state index contributed by atoms with van der Waals surface area (Å²) in [6.07, 6.45) is 0. The summed E-state index contributed by atoms with van der Waals surface area (Å²) in [4.78, 5) is 0. The SMILES string of the molecule is Brc1cc(Oc2ccccc2)c2c(c1)sc1ccccc12. The molecule has 0 saturated carbocycles. The molecule has 0 atom stereocenters. The molecule has 1 aromatic heterocycles. The zero-order chi connectivity index (χ0) is 14.2. The quantitative estimate of drug-likeness (QED) is 0.393. The van der Waals surface area contributed by atoms with E-state index in [2.05, 4.69) is 46.3 Å². The van der Waals surface area contributed by atoms with Crippen molar-refractivity contribution in [3.8, 4) is 11.5 Å². The first-order valence-corrected chi connectivity index (χ1v) is 8.26. The normalized spacial score (nSPS) is 11.1. The van der Waals surface area contributed by atoms with E-state index in [1.165, 1.54) is 20.2 Å². The van der Waals surface area contributed by atoms with Crippen molar-refractivity contribution in [2.24, 2.45) is 0 Å². The molecule has 1 heterocycles. The molecule has 0 saturated heterocycles. The third-order valence-electron chi connectivity index (χ3n) is 3.38. The molecule has 0 fully saturated rings. The molecule has 0 aliphatic heterocycles. The maximum Gasteiger partial charge on any atom is 0.137 e. The molecule has 21 heavy (non-hydrogen) atoms. The van der Waals surface area contributed by atoms with Crippen molar-refractivity contribution in [2.45, 2.75) is 0 Å². The third-order valence-corrected chi connectivity index (χ3v) is 4.95. The second kappa shape index (κ2) is 5.17. The summed E-state index contributed by atoms with van der Waals surface area (Å²) in [5, 5.41) is 2.43. The summed E-state index contributed by atoms with van der Waals surface area (Å²) in [5.41, 5.74) is 0. The van der Waals surface area contributed by atoms with Gasteiger partial charge in [0.25, 0.3) is 0 Å². The first-order chi connectivity index (χ1) is 10.3. The maximum atomic E-state index is 6.12. The Morgan fingerprint density at radius 2 is 1.57 bits per heavy atom. The van der Waals surface area contributed by atoms with Crippen molar-refractivity contribution in [3.05, 3.63) is 71.2 Å². The third kappa shape index (κ3) is 2.33. The topological polar surface area (TPSA) is 9.23 Å². The van der Waals surface area contributed by atoms with Crippen LogP contribution in [-0.2, 0) is 0 Å². The van der Waals surface area contributed by atoms with Crippen LogP contribution < -0.4 is 4.74 Å². The first kappa shape index (κ1) is 12.9. The van der Waals surface area contributed by atoms with Crippen LogP contribution in [0.1, 0.15) is 0 Å². The van der Waals surface area contributed by atoms with Crippen molar-refractivity contribution in [3.63, 3.8) is 0 Å². The molecule has 0 amide bonds. The van der Waals surface area contributed by atoms with Crippen LogP contribution in [0.25, 0.3) is 20.2 Å². The highest BCUT2D eigenvalue weighted by atomic mass is 79.9. The maximum absolute atomic E-state index is 6.12. The number of hydrogen-bond donors (Lipinski definition) is 0. The number of benzene rings is 3. The lowest BCUT2D eigenvalue weighted by Gasteiger charge is -2.08. The van der Waals surface area contributed by atoms with Crippen LogP contribution in [0.15, 0.2) is 71.2 Å². The number of hydrogen-bond acceptors (Lipinski definition) is 2. The summed E-state index contributed by atoms with van der Waals surface area (Å²) < 4.78 is 9.66. The van der Waals surface area contributed by atoms with Gasteiger partial charge in [0.15, 0.2) is 0 Å².